The molecule has 0 rings (SSSR count). The molecule has 3 heteroatoms. The van der Waals surface area contributed by atoms with Gasteiger partial charge in [0.05, 0.1) is 0 Å². The topological polar surface area (TPSA) is 75.9 Å². The SMILES string of the molecule is N=C(CN)CN. The van der Waals surface area contributed by atoms with Crippen LogP contribution in [0.1, 0.15) is 0 Å². The summed E-state index contributed by atoms with van der Waals surface area (Å²) in [4.78, 5) is 0. The zero-order valence-electron chi connectivity index (χ0n) is 3.57. The van der Waals surface area contributed by atoms with Gasteiger partial charge in [0, 0.05) is 18.8 Å². The molecule has 0 saturated heterocycles. The summed E-state index contributed by atoms with van der Waals surface area (Å²) in [6.07, 6.45) is 0. The Kier molecular flexibility index (Phi) is 2.62. The fourth-order valence-electron chi connectivity index (χ4n) is 0.0833. The van der Waals surface area contributed by atoms with E-state index in [9.17, 15) is 0 Å². The van der Waals surface area contributed by atoms with Crippen LogP contribution in [0.3, 0.4) is 0 Å². The molecule has 0 aliphatic carbocycles. The van der Waals surface area contributed by atoms with E-state index in [0.717, 1.165) is 0 Å². The normalized spacial score (nSPS) is 8.33. The van der Waals surface area contributed by atoms with Gasteiger partial charge < -0.3 is 16.9 Å². The van der Waals surface area contributed by atoms with Crippen LogP contribution in [0.4, 0.5) is 0 Å². The average Bonchev–Trinajstić information content (AvgIpc) is 1.65. The van der Waals surface area contributed by atoms with Crippen LogP contribution in [0.15, 0.2) is 0 Å². The molecule has 0 aliphatic rings. The summed E-state index contributed by atoms with van der Waals surface area (Å²) in [5, 5.41) is 6.74. The second-order valence-electron chi connectivity index (χ2n) is 1.01. The molecule has 0 atom stereocenters. The smallest absolute Gasteiger partial charge is 0.0360 e. The number of hydrogen-bond acceptors (Lipinski definition) is 3. The zero-order chi connectivity index (χ0) is 4.99. The van der Waals surface area contributed by atoms with Gasteiger partial charge in [0.25, 0.3) is 0 Å². The third kappa shape index (κ3) is 1.87. The standard InChI is InChI=1S/C3H9N3/c4-1-3(6)2-5/h6H,1-2,4-5H2. The van der Waals surface area contributed by atoms with Crippen LogP contribution in [0.25, 0.3) is 0 Å². The molecule has 0 heterocycles. The maximum absolute atomic E-state index is 6.74. The van der Waals surface area contributed by atoms with E-state index in [1.165, 1.54) is 0 Å². The van der Waals surface area contributed by atoms with Crippen molar-refractivity contribution in [2.24, 2.45) is 11.5 Å². The molecule has 0 aromatic carbocycles. The lowest BCUT2D eigenvalue weighted by molar-refractivity contribution is 1.17. The number of rotatable bonds is 2. The Labute approximate surface area is 36.8 Å². The fourth-order valence-corrected chi connectivity index (χ4v) is 0.0833. The third-order valence-electron chi connectivity index (χ3n) is 0.493. The van der Waals surface area contributed by atoms with Crippen molar-refractivity contribution < 1.29 is 0 Å². The van der Waals surface area contributed by atoms with Gasteiger partial charge in [0.1, 0.15) is 0 Å². The molecule has 0 amide bonds. The molecule has 0 aromatic heterocycles. The maximum atomic E-state index is 6.74. The van der Waals surface area contributed by atoms with E-state index >= 15 is 0 Å². The van der Waals surface area contributed by atoms with E-state index in [1.807, 2.05) is 0 Å². The molecule has 0 aliphatic heterocycles. The number of nitrogens with one attached hydrogen (secondary N) is 1. The van der Waals surface area contributed by atoms with Crippen molar-refractivity contribution in [1.29, 1.82) is 5.41 Å². The van der Waals surface area contributed by atoms with Crippen LogP contribution in [0.5, 0.6) is 0 Å². The Morgan fingerprint density at radius 1 is 1.33 bits per heavy atom. The van der Waals surface area contributed by atoms with Gasteiger partial charge in [0.2, 0.25) is 0 Å². The van der Waals surface area contributed by atoms with Crippen molar-refractivity contribution in [3.63, 3.8) is 0 Å². The van der Waals surface area contributed by atoms with Gasteiger partial charge in [-0.15, -0.1) is 0 Å². The summed E-state index contributed by atoms with van der Waals surface area (Å²) in [6.45, 7) is 0.576. The number of hydrogen-bond donors (Lipinski definition) is 3. The van der Waals surface area contributed by atoms with Crippen LogP contribution in [0, 0.1) is 5.41 Å². The summed E-state index contributed by atoms with van der Waals surface area (Å²) in [6, 6.07) is 0. The van der Waals surface area contributed by atoms with Gasteiger partial charge in [-0.3, -0.25) is 0 Å². The van der Waals surface area contributed by atoms with E-state index in [4.69, 9.17) is 16.9 Å². The van der Waals surface area contributed by atoms with Crippen molar-refractivity contribution in [3.8, 4) is 0 Å². The van der Waals surface area contributed by atoms with E-state index < -0.39 is 0 Å². The van der Waals surface area contributed by atoms with Crippen molar-refractivity contribution in [3.05, 3.63) is 0 Å². The Morgan fingerprint density at radius 2 is 1.67 bits per heavy atom. The molecule has 0 spiro atoms. The lowest BCUT2D eigenvalue weighted by atomic mass is 10.4. The summed E-state index contributed by atoms with van der Waals surface area (Å²) in [5.74, 6) is 0. The van der Waals surface area contributed by atoms with E-state index in [2.05, 4.69) is 0 Å². The highest BCUT2D eigenvalue weighted by atomic mass is 14.7. The van der Waals surface area contributed by atoms with Crippen molar-refractivity contribution in [2.45, 2.75) is 0 Å². The van der Waals surface area contributed by atoms with Crippen LogP contribution < -0.4 is 11.5 Å². The molecule has 0 unspecified atom stereocenters. The van der Waals surface area contributed by atoms with Gasteiger partial charge in [-0.25, -0.2) is 0 Å². The van der Waals surface area contributed by atoms with Crippen molar-refractivity contribution >= 4 is 5.71 Å². The third-order valence-corrected chi connectivity index (χ3v) is 0.493. The largest absolute Gasteiger partial charge is 0.325 e. The Balaban J connectivity index is 2.99. The Bertz CT molecular complexity index is 44.0. The lowest BCUT2D eigenvalue weighted by Crippen LogP contribution is -2.21. The molecule has 6 heavy (non-hydrogen) atoms. The van der Waals surface area contributed by atoms with E-state index in [-0.39, 0.29) is 13.1 Å². The highest BCUT2D eigenvalue weighted by molar-refractivity contribution is 5.84. The van der Waals surface area contributed by atoms with Gasteiger partial charge in [0.15, 0.2) is 0 Å². The Hall–Kier alpha value is -0.410. The van der Waals surface area contributed by atoms with E-state index in [1.54, 1.807) is 0 Å². The first kappa shape index (κ1) is 5.59. The van der Waals surface area contributed by atoms with Gasteiger partial charge in [-0.2, -0.15) is 0 Å². The molecule has 0 bridgehead atoms. The second kappa shape index (κ2) is 2.81. The Morgan fingerprint density at radius 3 is 1.67 bits per heavy atom. The molecule has 36 valence electrons. The van der Waals surface area contributed by atoms with Crippen molar-refractivity contribution in [1.82, 2.24) is 0 Å². The van der Waals surface area contributed by atoms with Gasteiger partial charge >= 0.3 is 0 Å². The minimum Gasteiger partial charge on any atom is -0.325 e. The van der Waals surface area contributed by atoms with Crippen LogP contribution >= 0.6 is 0 Å². The molecule has 3 nitrogen and oxygen atoms in total. The second-order valence-corrected chi connectivity index (χ2v) is 1.01. The molecule has 5 N–H and O–H groups in total. The maximum Gasteiger partial charge on any atom is 0.0360 e. The molecule has 0 aromatic rings. The predicted octanol–water partition coefficient (Wildman–Crippen LogP) is -1.08. The molecule has 0 fully saturated rings. The van der Waals surface area contributed by atoms with Crippen molar-refractivity contribution in [2.75, 3.05) is 13.1 Å². The van der Waals surface area contributed by atoms with Crippen LogP contribution in [-0.4, -0.2) is 18.8 Å². The highest BCUT2D eigenvalue weighted by Crippen LogP contribution is 1.54. The quantitative estimate of drug-likeness (QED) is 0.375. The minimum atomic E-state index is 0.288. The summed E-state index contributed by atoms with van der Waals surface area (Å²) >= 11 is 0. The molecule has 0 radical (unpaired) electrons. The first-order valence-corrected chi connectivity index (χ1v) is 1.77. The summed E-state index contributed by atoms with van der Waals surface area (Å²) < 4.78 is 0. The molecular weight excluding hydrogens is 78.1 g/mol. The van der Waals surface area contributed by atoms with E-state index in [0.29, 0.717) is 5.71 Å². The lowest BCUT2D eigenvalue weighted by Gasteiger charge is -1.87. The summed E-state index contributed by atoms with van der Waals surface area (Å²) in [7, 11) is 0. The minimum absolute atomic E-state index is 0.288. The zero-order valence-corrected chi connectivity index (χ0v) is 3.57. The predicted molar refractivity (Wildman–Crippen MR) is 25.8 cm³/mol. The van der Waals surface area contributed by atoms with Crippen LogP contribution in [-0.2, 0) is 0 Å². The average molecular weight is 87.1 g/mol. The van der Waals surface area contributed by atoms with Gasteiger partial charge in [-0.1, -0.05) is 0 Å². The highest BCUT2D eigenvalue weighted by Gasteiger charge is 1.81. The van der Waals surface area contributed by atoms with Gasteiger partial charge in [-0.05, 0) is 0 Å². The first-order chi connectivity index (χ1) is 2.81. The van der Waals surface area contributed by atoms with Crippen LogP contribution in [0.2, 0.25) is 0 Å². The fraction of sp³-hybridized carbons (Fsp3) is 0.667. The molecular formula is C3H9N3. The molecule has 0 saturated carbocycles. The first-order valence-electron chi connectivity index (χ1n) is 1.77. The number of nitrogens with two attached hydrogens (primary N) is 2. The monoisotopic (exact) mass is 87.1 g/mol. The summed E-state index contributed by atoms with van der Waals surface area (Å²) in [5.41, 5.74) is 10.4.